The number of fused-ring (bicyclic) bond motifs is 2. The van der Waals surface area contributed by atoms with Crippen molar-refractivity contribution in [1.29, 1.82) is 0 Å². The predicted octanol–water partition coefficient (Wildman–Crippen LogP) is 5.61. The van der Waals surface area contributed by atoms with Gasteiger partial charge in [0.05, 0.1) is 9.79 Å². The SMILES string of the molecule is Cc1cc(Sc2c(O)cc(C(C)(C)CC(C)(C)C)c(O)c2Sc2cc(C)nc3ncnn23)n2ncnc2n1. The van der Waals surface area contributed by atoms with Crippen molar-refractivity contribution in [1.82, 2.24) is 39.2 Å². The Hall–Kier alpha value is -3.38. The molecule has 2 N–H and O–H groups in total. The standard InChI is InChI=1S/C26H30N8O2S2/c1-14-8-18(33-23(31-14)27-12-29-33)37-21-17(35)10-16(26(6,7)11-25(3,4)5)20(36)22(21)38-19-9-15(2)32-24-28-13-30-34(19)24/h8-10,12-13,35-36H,11H2,1-7H3. The maximum absolute atomic E-state index is 11.8. The molecule has 198 valence electrons. The fourth-order valence-electron chi connectivity index (χ4n) is 4.90. The van der Waals surface area contributed by atoms with E-state index >= 15 is 0 Å². The molecule has 0 bridgehead atoms. The number of aryl methyl sites for hydroxylation is 2. The van der Waals surface area contributed by atoms with E-state index < -0.39 is 5.41 Å². The van der Waals surface area contributed by atoms with Gasteiger partial charge in [0.15, 0.2) is 0 Å². The monoisotopic (exact) mass is 550 g/mol. The average molecular weight is 551 g/mol. The Morgan fingerprint density at radius 2 is 1.26 bits per heavy atom. The first-order chi connectivity index (χ1) is 17.8. The van der Waals surface area contributed by atoms with Crippen LogP contribution in [0.3, 0.4) is 0 Å². The van der Waals surface area contributed by atoms with Gasteiger partial charge in [-0.25, -0.2) is 9.97 Å². The summed E-state index contributed by atoms with van der Waals surface area (Å²) in [5.74, 6) is 1.11. The Morgan fingerprint density at radius 1 is 0.763 bits per heavy atom. The molecule has 12 heteroatoms. The zero-order valence-electron chi connectivity index (χ0n) is 22.4. The predicted molar refractivity (Wildman–Crippen MR) is 146 cm³/mol. The van der Waals surface area contributed by atoms with E-state index in [4.69, 9.17) is 0 Å². The van der Waals surface area contributed by atoms with Gasteiger partial charge in [0.2, 0.25) is 0 Å². The first-order valence-electron chi connectivity index (χ1n) is 12.1. The van der Waals surface area contributed by atoms with Gasteiger partial charge in [-0.15, -0.1) is 0 Å². The third-order valence-corrected chi connectivity index (χ3v) is 8.35. The lowest BCUT2D eigenvalue weighted by Crippen LogP contribution is -2.25. The van der Waals surface area contributed by atoms with Gasteiger partial charge in [-0.2, -0.15) is 29.2 Å². The topological polar surface area (TPSA) is 127 Å². The fraction of sp³-hybridized carbons (Fsp3) is 0.385. The van der Waals surface area contributed by atoms with Gasteiger partial charge in [-0.05, 0) is 49.3 Å². The van der Waals surface area contributed by atoms with Crippen molar-refractivity contribution < 1.29 is 10.2 Å². The van der Waals surface area contributed by atoms with Crippen LogP contribution in [0.2, 0.25) is 0 Å². The molecule has 0 saturated carbocycles. The second kappa shape index (κ2) is 9.42. The normalized spacial score (nSPS) is 12.6. The maximum Gasteiger partial charge on any atom is 0.253 e. The molecular weight excluding hydrogens is 520 g/mol. The summed E-state index contributed by atoms with van der Waals surface area (Å²) in [6.45, 7) is 14.4. The summed E-state index contributed by atoms with van der Waals surface area (Å²) >= 11 is 2.61. The second-order valence-corrected chi connectivity index (χ2v) is 13.3. The molecule has 0 aliphatic rings. The number of phenols is 2. The molecule has 4 aromatic heterocycles. The molecule has 0 fully saturated rings. The van der Waals surface area contributed by atoms with E-state index in [1.807, 2.05) is 26.0 Å². The molecule has 5 aromatic rings. The van der Waals surface area contributed by atoms with Crippen LogP contribution in [-0.2, 0) is 5.41 Å². The summed E-state index contributed by atoms with van der Waals surface area (Å²) in [5.41, 5.74) is 1.80. The van der Waals surface area contributed by atoms with Crippen LogP contribution in [0.1, 0.15) is 58.0 Å². The molecular formula is C26H30N8O2S2. The minimum Gasteiger partial charge on any atom is -0.507 e. The highest BCUT2D eigenvalue weighted by Crippen LogP contribution is 2.53. The summed E-state index contributed by atoms with van der Waals surface area (Å²) in [5, 5.41) is 33.3. The number of hydrogen-bond donors (Lipinski definition) is 2. The fourth-order valence-corrected chi connectivity index (χ4v) is 7.21. The van der Waals surface area contributed by atoms with Crippen LogP contribution in [0.5, 0.6) is 11.5 Å². The molecule has 10 nitrogen and oxygen atoms in total. The molecule has 4 heterocycles. The van der Waals surface area contributed by atoms with Crippen molar-refractivity contribution in [3.05, 3.63) is 47.8 Å². The molecule has 0 unspecified atom stereocenters. The molecule has 0 radical (unpaired) electrons. The largest absolute Gasteiger partial charge is 0.507 e. The van der Waals surface area contributed by atoms with E-state index in [2.05, 4.69) is 64.8 Å². The van der Waals surface area contributed by atoms with Crippen molar-refractivity contribution in [3.8, 4) is 11.5 Å². The number of nitrogens with zero attached hydrogens (tertiary/aromatic N) is 8. The van der Waals surface area contributed by atoms with E-state index in [9.17, 15) is 10.2 Å². The van der Waals surface area contributed by atoms with E-state index in [-0.39, 0.29) is 16.9 Å². The van der Waals surface area contributed by atoms with Crippen molar-refractivity contribution in [2.75, 3.05) is 0 Å². The van der Waals surface area contributed by atoms with Gasteiger partial charge >= 0.3 is 0 Å². The number of benzene rings is 1. The highest BCUT2D eigenvalue weighted by molar-refractivity contribution is 8.02. The van der Waals surface area contributed by atoms with Gasteiger partial charge in [-0.1, -0.05) is 58.1 Å². The van der Waals surface area contributed by atoms with Crippen molar-refractivity contribution >= 4 is 35.1 Å². The van der Waals surface area contributed by atoms with Crippen molar-refractivity contribution in [2.45, 2.75) is 80.1 Å². The van der Waals surface area contributed by atoms with Crippen LogP contribution in [0.15, 0.2) is 50.7 Å². The highest BCUT2D eigenvalue weighted by atomic mass is 32.2. The summed E-state index contributed by atoms with van der Waals surface area (Å²) in [4.78, 5) is 18.3. The van der Waals surface area contributed by atoms with E-state index in [0.717, 1.165) is 17.8 Å². The summed E-state index contributed by atoms with van der Waals surface area (Å²) < 4.78 is 3.24. The third kappa shape index (κ3) is 5.02. The Morgan fingerprint density at radius 3 is 1.76 bits per heavy atom. The lowest BCUT2D eigenvalue weighted by atomic mass is 9.72. The average Bonchev–Trinajstić information content (AvgIpc) is 3.45. The van der Waals surface area contributed by atoms with Gasteiger partial charge < -0.3 is 10.2 Å². The van der Waals surface area contributed by atoms with Crippen molar-refractivity contribution in [3.63, 3.8) is 0 Å². The second-order valence-electron chi connectivity index (χ2n) is 11.2. The molecule has 0 spiro atoms. The van der Waals surface area contributed by atoms with Gasteiger partial charge in [-0.3, -0.25) is 0 Å². The summed E-state index contributed by atoms with van der Waals surface area (Å²) in [6.07, 6.45) is 3.69. The van der Waals surface area contributed by atoms with Gasteiger partial charge in [0.1, 0.15) is 34.2 Å². The molecule has 0 atom stereocenters. The first kappa shape index (κ1) is 26.2. The lowest BCUT2D eigenvalue weighted by Gasteiger charge is -2.34. The highest BCUT2D eigenvalue weighted by Gasteiger charge is 2.33. The van der Waals surface area contributed by atoms with Crippen molar-refractivity contribution in [2.24, 2.45) is 5.41 Å². The van der Waals surface area contributed by atoms with Crippen LogP contribution in [-0.4, -0.2) is 49.4 Å². The van der Waals surface area contributed by atoms with E-state index in [1.54, 1.807) is 15.1 Å². The smallest absolute Gasteiger partial charge is 0.253 e. The van der Waals surface area contributed by atoms with Crippen LogP contribution in [0, 0.1) is 19.3 Å². The van der Waals surface area contributed by atoms with E-state index in [0.29, 0.717) is 37.0 Å². The van der Waals surface area contributed by atoms with Crippen LogP contribution < -0.4 is 0 Å². The quantitative estimate of drug-likeness (QED) is 0.203. The number of hydrogen-bond acceptors (Lipinski definition) is 10. The molecule has 0 aliphatic carbocycles. The van der Waals surface area contributed by atoms with Crippen LogP contribution >= 0.6 is 23.5 Å². The summed E-state index contributed by atoms with van der Waals surface area (Å²) in [6, 6.07) is 5.44. The number of aromatic nitrogens is 8. The Labute approximate surface area is 229 Å². The Kier molecular flexibility index (Phi) is 6.50. The summed E-state index contributed by atoms with van der Waals surface area (Å²) in [7, 11) is 0. The number of rotatable bonds is 6. The third-order valence-electron chi connectivity index (χ3n) is 6.00. The number of phenolic OH excluding ortho intramolecular Hbond substituents is 2. The zero-order valence-corrected chi connectivity index (χ0v) is 24.0. The minimum absolute atomic E-state index is 0.00859. The zero-order chi connectivity index (χ0) is 27.4. The maximum atomic E-state index is 11.8. The molecule has 0 aliphatic heterocycles. The lowest BCUT2D eigenvalue weighted by molar-refractivity contribution is 0.276. The minimum atomic E-state index is -0.415. The number of aromatic hydroxyl groups is 2. The molecule has 0 amide bonds. The van der Waals surface area contributed by atoms with Gasteiger partial charge in [0.25, 0.3) is 11.6 Å². The molecule has 5 rings (SSSR count). The Bertz CT molecular complexity index is 1670. The van der Waals surface area contributed by atoms with Crippen LogP contribution in [0.4, 0.5) is 0 Å². The Balaban J connectivity index is 1.72. The molecule has 38 heavy (non-hydrogen) atoms. The van der Waals surface area contributed by atoms with Crippen LogP contribution in [0.25, 0.3) is 11.6 Å². The first-order valence-corrected chi connectivity index (χ1v) is 13.8. The van der Waals surface area contributed by atoms with Gasteiger partial charge in [0, 0.05) is 17.0 Å². The molecule has 1 aromatic carbocycles. The van der Waals surface area contributed by atoms with E-state index in [1.165, 1.54) is 36.2 Å². The molecule has 0 saturated heterocycles.